The number of nitro benzene ring substituents is 1. The number of nitro groups is 1. The molecule has 0 radical (unpaired) electrons. The Hall–Kier alpha value is -2.15. The number of aromatic nitrogens is 2. The summed E-state index contributed by atoms with van der Waals surface area (Å²) in [5.74, 6) is 0.702. The fourth-order valence-corrected chi connectivity index (χ4v) is 2.46. The molecule has 1 N–H and O–H groups in total. The van der Waals surface area contributed by atoms with E-state index in [0.29, 0.717) is 18.0 Å². The fourth-order valence-electron chi connectivity index (χ4n) is 1.69. The minimum atomic E-state index is -0.376. The zero-order valence-electron chi connectivity index (χ0n) is 10.9. The zero-order chi connectivity index (χ0) is 14.4. The van der Waals surface area contributed by atoms with Crippen molar-refractivity contribution in [2.24, 2.45) is 0 Å². The largest absolute Gasteiger partial charge is 0.380 e. The first kappa shape index (κ1) is 14.3. The van der Waals surface area contributed by atoms with E-state index < -0.39 is 0 Å². The molecule has 2 rings (SSSR count). The van der Waals surface area contributed by atoms with Gasteiger partial charge in [-0.1, -0.05) is 6.07 Å². The van der Waals surface area contributed by atoms with Gasteiger partial charge in [0.15, 0.2) is 0 Å². The molecule has 0 saturated heterocycles. The molecule has 0 unspecified atom stereocenters. The van der Waals surface area contributed by atoms with Crippen LogP contribution in [0.1, 0.15) is 12.5 Å². The molecule has 2 aromatic rings. The maximum atomic E-state index is 10.9. The standard InChI is InChI=1S/C13H14N4O2S/c1-2-15-11-7-10(3-4-12(11)17(18)19)8-20-13-5-6-14-9-16-13/h3-7,9,15H,2,8H2,1H3. The van der Waals surface area contributed by atoms with Crippen molar-refractivity contribution in [3.05, 3.63) is 52.5 Å². The van der Waals surface area contributed by atoms with Crippen molar-refractivity contribution in [3.8, 4) is 0 Å². The number of anilines is 1. The van der Waals surface area contributed by atoms with Crippen LogP contribution in [0.5, 0.6) is 0 Å². The summed E-state index contributed by atoms with van der Waals surface area (Å²) < 4.78 is 0. The molecule has 1 aromatic carbocycles. The van der Waals surface area contributed by atoms with E-state index in [0.717, 1.165) is 10.6 Å². The Kier molecular flexibility index (Phi) is 4.89. The van der Waals surface area contributed by atoms with Gasteiger partial charge in [0.1, 0.15) is 12.0 Å². The molecular weight excluding hydrogens is 276 g/mol. The van der Waals surface area contributed by atoms with Crippen molar-refractivity contribution >= 4 is 23.1 Å². The Morgan fingerprint density at radius 1 is 1.40 bits per heavy atom. The van der Waals surface area contributed by atoms with Crippen LogP contribution in [0.25, 0.3) is 0 Å². The van der Waals surface area contributed by atoms with Gasteiger partial charge < -0.3 is 5.32 Å². The highest BCUT2D eigenvalue weighted by Gasteiger charge is 2.13. The maximum Gasteiger partial charge on any atom is 0.292 e. The second kappa shape index (κ2) is 6.85. The third-order valence-electron chi connectivity index (χ3n) is 2.57. The lowest BCUT2D eigenvalue weighted by molar-refractivity contribution is -0.384. The van der Waals surface area contributed by atoms with E-state index in [-0.39, 0.29) is 10.6 Å². The Balaban J connectivity index is 2.12. The molecule has 1 heterocycles. The summed E-state index contributed by atoms with van der Waals surface area (Å²) >= 11 is 1.57. The normalized spacial score (nSPS) is 10.2. The number of rotatable bonds is 6. The van der Waals surface area contributed by atoms with Gasteiger partial charge in [-0.05, 0) is 24.6 Å². The van der Waals surface area contributed by atoms with Crippen LogP contribution in [0.15, 0.2) is 41.8 Å². The summed E-state index contributed by atoms with van der Waals surface area (Å²) in [7, 11) is 0. The van der Waals surface area contributed by atoms with E-state index in [1.807, 2.05) is 19.1 Å². The minimum Gasteiger partial charge on any atom is -0.380 e. The molecule has 6 nitrogen and oxygen atoms in total. The Labute approximate surface area is 120 Å². The minimum absolute atomic E-state index is 0.0997. The van der Waals surface area contributed by atoms with E-state index in [1.165, 1.54) is 12.4 Å². The molecule has 0 atom stereocenters. The van der Waals surface area contributed by atoms with Crippen molar-refractivity contribution in [1.29, 1.82) is 0 Å². The van der Waals surface area contributed by atoms with Crippen molar-refractivity contribution in [2.45, 2.75) is 17.7 Å². The molecule has 20 heavy (non-hydrogen) atoms. The second-order valence-electron chi connectivity index (χ2n) is 3.98. The van der Waals surface area contributed by atoms with Crippen LogP contribution in [0.4, 0.5) is 11.4 Å². The lowest BCUT2D eigenvalue weighted by atomic mass is 10.2. The summed E-state index contributed by atoms with van der Waals surface area (Å²) in [5.41, 5.74) is 1.66. The fraction of sp³-hybridized carbons (Fsp3) is 0.231. The molecule has 0 aliphatic rings. The van der Waals surface area contributed by atoms with E-state index in [1.54, 1.807) is 24.0 Å². The lowest BCUT2D eigenvalue weighted by Gasteiger charge is -2.07. The van der Waals surface area contributed by atoms with E-state index in [4.69, 9.17) is 0 Å². The second-order valence-corrected chi connectivity index (χ2v) is 4.97. The van der Waals surface area contributed by atoms with Gasteiger partial charge in [0.25, 0.3) is 5.69 Å². The SMILES string of the molecule is CCNc1cc(CSc2ccncn2)ccc1[N+](=O)[O-]. The van der Waals surface area contributed by atoms with Crippen LogP contribution in [0.3, 0.4) is 0 Å². The predicted octanol–water partition coefficient (Wildman–Crippen LogP) is 3.11. The van der Waals surface area contributed by atoms with Crippen molar-refractivity contribution < 1.29 is 4.92 Å². The molecule has 104 valence electrons. The van der Waals surface area contributed by atoms with Gasteiger partial charge in [-0.2, -0.15) is 0 Å². The number of nitrogens with zero attached hydrogens (tertiary/aromatic N) is 3. The van der Waals surface area contributed by atoms with Gasteiger partial charge >= 0.3 is 0 Å². The average molecular weight is 290 g/mol. The summed E-state index contributed by atoms with van der Waals surface area (Å²) in [6, 6.07) is 6.96. The molecule has 0 spiro atoms. The average Bonchev–Trinajstić information content (AvgIpc) is 2.46. The maximum absolute atomic E-state index is 10.9. The van der Waals surface area contributed by atoms with Crippen LogP contribution in [0.2, 0.25) is 0 Å². The summed E-state index contributed by atoms with van der Waals surface area (Å²) in [4.78, 5) is 18.5. The number of hydrogen-bond donors (Lipinski definition) is 1. The highest BCUT2D eigenvalue weighted by atomic mass is 32.2. The molecule has 1 aromatic heterocycles. The lowest BCUT2D eigenvalue weighted by Crippen LogP contribution is -2.01. The molecule has 0 amide bonds. The van der Waals surface area contributed by atoms with Gasteiger partial charge in [-0.25, -0.2) is 9.97 Å². The summed E-state index contributed by atoms with van der Waals surface area (Å²) in [6.07, 6.45) is 3.19. The molecule has 0 bridgehead atoms. The molecule has 0 saturated carbocycles. The van der Waals surface area contributed by atoms with Crippen LogP contribution in [-0.2, 0) is 5.75 Å². The number of benzene rings is 1. The van der Waals surface area contributed by atoms with E-state index in [2.05, 4.69) is 15.3 Å². The predicted molar refractivity (Wildman–Crippen MR) is 78.9 cm³/mol. The van der Waals surface area contributed by atoms with Gasteiger partial charge in [0, 0.05) is 24.6 Å². The quantitative estimate of drug-likeness (QED) is 0.381. The zero-order valence-corrected chi connectivity index (χ0v) is 11.8. The van der Waals surface area contributed by atoms with Crippen LogP contribution < -0.4 is 5.32 Å². The topological polar surface area (TPSA) is 81.0 Å². The Morgan fingerprint density at radius 3 is 2.90 bits per heavy atom. The van der Waals surface area contributed by atoms with E-state index >= 15 is 0 Å². The van der Waals surface area contributed by atoms with Crippen molar-refractivity contribution in [3.63, 3.8) is 0 Å². The van der Waals surface area contributed by atoms with Crippen molar-refractivity contribution in [1.82, 2.24) is 9.97 Å². The highest BCUT2D eigenvalue weighted by molar-refractivity contribution is 7.98. The third kappa shape index (κ3) is 3.67. The van der Waals surface area contributed by atoms with Gasteiger partial charge in [-0.3, -0.25) is 10.1 Å². The molecular formula is C13H14N4O2S. The Bertz CT molecular complexity index is 592. The first-order valence-electron chi connectivity index (χ1n) is 6.10. The number of thioether (sulfide) groups is 1. The number of hydrogen-bond acceptors (Lipinski definition) is 6. The summed E-state index contributed by atoms with van der Waals surface area (Å²) in [5, 5.41) is 14.8. The highest BCUT2D eigenvalue weighted by Crippen LogP contribution is 2.28. The van der Waals surface area contributed by atoms with Crippen LogP contribution in [0, 0.1) is 10.1 Å². The molecule has 7 heteroatoms. The van der Waals surface area contributed by atoms with Crippen LogP contribution >= 0.6 is 11.8 Å². The van der Waals surface area contributed by atoms with Gasteiger partial charge in [0.2, 0.25) is 0 Å². The molecule has 0 aliphatic carbocycles. The molecule has 0 aliphatic heterocycles. The monoisotopic (exact) mass is 290 g/mol. The van der Waals surface area contributed by atoms with E-state index in [9.17, 15) is 10.1 Å². The smallest absolute Gasteiger partial charge is 0.292 e. The van der Waals surface area contributed by atoms with Crippen LogP contribution in [-0.4, -0.2) is 21.4 Å². The van der Waals surface area contributed by atoms with Crippen molar-refractivity contribution in [2.75, 3.05) is 11.9 Å². The third-order valence-corrected chi connectivity index (χ3v) is 3.58. The van der Waals surface area contributed by atoms with Gasteiger partial charge in [0.05, 0.1) is 9.95 Å². The number of nitrogens with one attached hydrogen (secondary N) is 1. The molecule has 0 fully saturated rings. The Morgan fingerprint density at radius 2 is 2.25 bits per heavy atom. The summed E-state index contributed by atoms with van der Waals surface area (Å²) in [6.45, 7) is 2.55. The first-order valence-corrected chi connectivity index (χ1v) is 7.09. The van der Waals surface area contributed by atoms with Gasteiger partial charge in [-0.15, -0.1) is 11.8 Å². The first-order chi connectivity index (χ1) is 9.70.